The highest BCUT2D eigenvalue weighted by Gasteiger charge is 2.41. The smallest absolute Gasteiger partial charge is 0.262 e. The molecule has 1 saturated heterocycles. The molecule has 0 amide bonds. The van der Waals surface area contributed by atoms with Crippen molar-refractivity contribution in [2.24, 2.45) is 0 Å². The maximum Gasteiger partial charge on any atom is 0.262 e. The summed E-state index contributed by atoms with van der Waals surface area (Å²) in [6.07, 6.45) is -0.250. The molecule has 1 atom stereocenters. The Morgan fingerprint density at radius 1 is 1.38 bits per heavy atom. The van der Waals surface area contributed by atoms with Crippen molar-refractivity contribution in [1.82, 2.24) is 10.3 Å². The fraction of sp³-hybridized carbons (Fsp3) is 0.364. The molecule has 1 aromatic carbocycles. The summed E-state index contributed by atoms with van der Waals surface area (Å²) in [6, 6.07) is 6.76. The molecule has 0 saturated carbocycles. The van der Waals surface area contributed by atoms with Crippen LogP contribution in [0.2, 0.25) is 0 Å². The molecule has 84 valence electrons. The summed E-state index contributed by atoms with van der Waals surface area (Å²) in [6.45, 7) is -0.309. The molecule has 0 unspecified atom stereocenters. The maximum absolute atomic E-state index is 13.0. The predicted molar refractivity (Wildman–Crippen MR) is 54.3 cm³/mol. The van der Waals surface area contributed by atoms with Gasteiger partial charge in [-0.15, -0.1) is 0 Å². The minimum absolute atomic E-state index is 0.250. The van der Waals surface area contributed by atoms with Crippen LogP contribution in [0.1, 0.15) is 18.4 Å². The first-order chi connectivity index (χ1) is 7.64. The summed E-state index contributed by atoms with van der Waals surface area (Å²) in [5.74, 6) is -2.32. The Morgan fingerprint density at radius 2 is 2.19 bits per heavy atom. The highest BCUT2D eigenvalue weighted by molar-refractivity contribution is 5.72. The predicted octanol–water partition coefficient (Wildman–Crippen LogP) is 2.50. The summed E-state index contributed by atoms with van der Waals surface area (Å²) in [5.41, 5.74) is 1.34. The lowest BCUT2D eigenvalue weighted by atomic mass is 10.2. The molecule has 0 radical (unpaired) electrons. The molecule has 3 rings (SSSR count). The van der Waals surface area contributed by atoms with Crippen LogP contribution in [0.25, 0.3) is 11.1 Å². The number of hydrogen-bond donors (Lipinski definition) is 1. The molecule has 0 bridgehead atoms. The number of halogens is 2. The van der Waals surface area contributed by atoms with Gasteiger partial charge in [0.15, 0.2) is 5.58 Å². The molecular weight excluding hydrogens is 214 g/mol. The van der Waals surface area contributed by atoms with Gasteiger partial charge in [-0.05, 0) is 12.1 Å². The van der Waals surface area contributed by atoms with Gasteiger partial charge < -0.3 is 9.73 Å². The largest absolute Gasteiger partial charge is 0.439 e. The van der Waals surface area contributed by atoms with Crippen LogP contribution >= 0.6 is 0 Å². The lowest BCUT2D eigenvalue weighted by Gasteiger charge is -2.05. The molecule has 2 heterocycles. The molecular formula is C11H10F2N2O. The van der Waals surface area contributed by atoms with Gasteiger partial charge in [0.2, 0.25) is 5.89 Å². The molecule has 1 N–H and O–H groups in total. The molecule has 1 aliphatic heterocycles. The number of nitrogens with one attached hydrogen (secondary N) is 1. The molecule has 5 heteroatoms. The van der Waals surface area contributed by atoms with Gasteiger partial charge >= 0.3 is 0 Å². The Bertz CT molecular complexity index is 490. The van der Waals surface area contributed by atoms with Crippen LogP contribution in [0.3, 0.4) is 0 Å². The third-order valence-electron chi connectivity index (χ3n) is 2.72. The van der Waals surface area contributed by atoms with E-state index in [2.05, 4.69) is 10.3 Å². The van der Waals surface area contributed by atoms with Crippen molar-refractivity contribution in [3.05, 3.63) is 30.2 Å². The second kappa shape index (κ2) is 3.25. The summed E-state index contributed by atoms with van der Waals surface area (Å²) in [7, 11) is 0. The second-order valence-electron chi connectivity index (χ2n) is 4.01. The lowest BCUT2D eigenvalue weighted by Crippen LogP contribution is -2.19. The summed E-state index contributed by atoms with van der Waals surface area (Å²) < 4.78 is 31.4. The number of nitrogens with zero attached hydrogens (tertiary/aromatic N) is 1. The van der Waals surface area contributed by atoms with Gasteiger partial charge in [0.25, 0.3) is 5.92 Å². The lowest BCUT2D eigenvalue weighted by molar-refractivity contribution is 0.0203. The number of aromatic nitrogens is 1. The number of para-hydroxylation sites is 2. The molecule has 2 aromatic rings. The zero-order chi connectivity index (χ0) is 11.2. The van der Waals surface area contributed by atoms with Crippen LogP contribution in [-0.2, 0) is 0 Å². The average Bonchev–Trinajstić information content (AvgIpc) is 2.80. The van der Waals surface area contributed by atoms with Crippen molar-refractivity contribution < 1.29 is 13.2 Å². The monoisotopic (exact) mass is 224 g/mol. The highest BCUT2D eigenvalue weighted by atomic mass is 19.3. The van der Waals surface area contributed by atoms with E-state index in [-0.39, 0.29) is 13.0 Å². The normalized spacial score (nSPS) is 24.0. The molecule has 1 fully saturated rings. The van der Waals surface area contributed by atoms with Crippen LogP contribution in [0, 0.1) is 0 Å². The number of oxazole rings is 1. The van der Waals surface area contributed by atoms with Gasteiger partial charge in [0, 0.05) is 6.42 Å². The van der Waals surface area contributed by atoms with Gasteiger partial charge in [-0.25, -0.2) is 13.8 Å². The molecule has 0 spiro atoms. The van der Waals surface area contributed by atoms with Crippen molar-refractivity contribution in [3.63, 3.8) is 0 Å². The Labute approximate surface area is 90.5 Å². The van der Waals surface area contributed by atoms with Gasteiger partial charge in [-0.3, -0.25) is 0 Å². The maximum atomic E-state index is 13.0. The highest BCUT2D eigenvalue weighted by Crippen LogP contribution is 2.34. The van der Waals surface area contributed by atoms with Gasteiger partial charge in [0.1, 0.15) is 5.52 Å². The molecule has 3 nitrogen and oxygen atoms in total. The third kappa shape index (κ3) is 1.57. The van der Waals surface area contributed by atoms with Crippen LogP contribution in [-0.4, -0.2) is 17.5 Å². The fourth-order valence-electron chi connectivity index (χ4n) is 1.93. The average molecular weight is 224 g/mol. The standard InChI is InChI=1S/C11H10F2N2O/c12-11(13)5-8(14-6-11)10-15-7-3-1-2-4-9(7)16-10/h1-4,8,14H,5-6H2/t8-/m0/s1. The number of benzene rings is 1. The Balaban J connectivity index is 1.95. The van der Waals surface area contributed by atoms with Crippen molar-refractivity contribution in [2.75, 3.05) is 6.54 Å². The van der Waals surface area contributed by atoms with Gasteiger partial charge in [-0.2, -0.15) is 0 Å². The molecule has 0 aliphatic carbocycles. The van der Waals surface area contributed by atoms with Crippen LogP contribution < -0.4 is 5.32 Å². The van der Waals surface area contributed by atoms with E-state index in [1.807, 2.05) is 12.1 Å². The summed E-state index contributed by atoms with van der Waals surface area (Å²) in [4.78, 5) is 4.20. The fourth-order valence-corrected chi connectivity index (χ4v) is 1.93. The van der Waals surface area contributed by atoms with E-state index in [4.69, 9.17) is 4.42 Å². The number of fused-ring (bicyclic) bond motifs is 1. The molecule has 1 aliphatic rings. The minimum Gasteiger partial charge on any atom is -0.439 e. The zero-order valence-corrected chi connectivity index (χ0v) is 8.41. The van der Waals surface area contributed by atoms with Crippen molar-refractivity contribution in [2.45, 2.75) is 18.4 Å². The summed E-state index contributed by atoms with van der Waals surface area (Å²) >= 11 is 0. The van der Waals surface area contributed by atoms with E-state index in [9.17, 15) is 8.78 Å². The first-order valence-electron chi connectivity index (χ1n) is 5.11. The van der Waals surface area contributed by atoms with E-state index in [1.54, 1.807) is 12.1 Å². The van der Waals surface area contributed by atoms with E-state index >= 15 is 0 Å². The second-order valence-corrected chi connectivity index (χ2v) is 4.01. The Kier molecular flexibility index (Phi) is 1.97. The Morgan fingerprint density at radius 3 is 2.88 bits per heavy atom. The molecule has 16 heavy (non-hydrogen) atoms. The SMILES string of the molecule is FC1(F)CN[C@H](c2nc3ccccc3o2)C1. The molecule has 1 aromatic heterocycles. The first kappa shape index (κ1) is 9.72. The van der Waals surface area contributed by atoms with E-state index in [0.717, 1.165) is 0 Å². The van der Waals surface area contributed by atoms with E-state index < -0.39 is 12.0 Å². The van der Waals surface area contributed by atoms with Crippen molar-refractivity contribution in [1.29, 1.82) is 0 Å². The van der Waals surface area contributed by atoms with Crippen LogP contribution in [0.5, 0.6) is 0 Å². The topological polar surface area (TPSA) is 38.1 Å². The Hall–Kier alpha value is -1.49. The third-order valence-corrected chi connectivity index (χ3v) is 2.72. The van der Waals surface area contributed by atoms with Gasteiger partial charge in [-0.1, -0.05) is 12.1 Å². The number of alkyl halides is 2. The quantitative estimate of drug-likeness (QED) is 0.808. The van der Waals surface area contributed by atoms with Crippen LogP contribution in [0.4, 0.5) is 8.78 Å². The van der Waals surface area contributed by atoms with E-state index in [0.29, 0.717) is 17.0 Å². The van der Waals surface area contributed by atoms with E-state index in [1.165, 1.54) is 0 Å². The zero-order valence-electron chi connectivity index (χ0n) is 8.41. The number of rotatable bonds is 1. The minimum atomic E-state index is -2.66. The summed E-state index contributed by atoms with van der Waals surface area (Å²) in [5, 5.41) is 2.72. The van der Waals surface area contributed by atoms with Crippen molar-refractivity contribution >= 4 is 11.1 Å². The number of hydrogen-bond acceptors (Lipinski definition) is 3. The van der Waals surface area contributed by atoms with Crippen LogP contribution in [0.15, 0.2) is 28.7 Å². The first-order valence-corrected chi connectivity index (χ1v) is 5.11. The van der Waals surface area contributed by atoms with Gasteiger partial charge in [0.05, 0.1) is 12.6 Å². The van der Waals surface area contributed by atoms with Crippen molar-refractivity contribution in [3.8, 4) is 0 Å².